The van der Waals surface area contributed by atoms with E-state index >= 15 is 0 Å². The zero-order valence-corrected chi connectivity index (χ0v) is 7.39. The Morgan fingerprint density at radius 1 is 1.50 bits per heavy atom. The van der Waals surface area contributed by atoms with Gasteiger partial charge in [-0.25, -0.2) is 0 Å². The summed E-state index contributed by atoms with van der Waals surface area (Å²) in [6.07, 6.45) is 1.40. The molecule has 0 radical (unpaired) electrons. The van der Waals surface area contributed by atoms with Crippen molar-refractivity contribution in [3.8, 4) is 6.07 Å². The fourth-order valence-electron chi connectivity index (χ4n) is 0.699. The molecule has 0 spiro atoms. The van der Waals surface area contributed by atoms with Crippen molar-refractivity contribution in [1.29, 1.82) is 5.26 Å². The number of hydrogen-bond acceptors (Lipinski definition) is 3. The molecule has 12 heavy (non-hydrogen) atoms. The van der Waals surface area contributed by atoms with Gasteiger partial charge >= 0.3 is 0 Å². The highest BCUT2D eigenvalue weighted by molar-refractivity contribution is 5.75. The van der Waals surface area contributed by atoms with E-state index in [9.17, 15) is 4.79 Å². The summed E-state index contributed by atoms with van der Waals surface area (Å²) in [5.74, 6) is 0.0438. The Morgan fingerprint density at radius 2 is 2.25 bits per heavy atom. The molecule has 0 aliphatic heterocycles. The zero-order valence-electron chi connectivity index (χ0n) is 7.39. The zero-order chi connectivity index (χ0) is 9.23. The molecule has 0 unspecified atom stereocenters. The van der Waals surface area contributed by atoms with Gasteiger partial charge in [0.2, 0.25) is 5.91 Å². The van der Waals surface area contributed by atoms with Crippen LogP contribution in [0.4, 0.5) is 0 Å². The fraction of sp³-hybridized carbons (Fsp3) is 0.750. The first-order chi connectivity index (χ1) is 5.81. The minimum Gasteiger partial charge on any atom is -0.356 e. The lowest BCUT2D eigenvalue weighted by Crippen LogP contribution is -2.28. The average molecular weight is 169 g/mol. The molecule has 0 aromatic carbocycles. The van der Waals surface area contributed by atoms with Gasteiger partial charge in [0.1, 0.15) is 0 Å². The minimum atomic E-state index is 0.0438. The lowest BCUT2D eigenvalue weighted by molar-refractivity contribution is -0.120. The molecule has 0 aromatic heterocycles. The third kappa shape index (κ3) is 7.03. The Labute approximate surface area is 72.9 Å². The molecule has 0 aliphatic carbocycles. The maximum atomic E-state index is 10.9. The largest absolute Gasteiger partial charge is 0.356 e. The molecule has 1 amide bonds. The third-order valence-electron chi connectivity index (χ3n) is 1.31. The first-order valence-electron chi connectivity index (χ1n) is 4.15. The molecule has 0 aromatic rings. The van der Waals surface area contributed by atoms with Gasteiger partial charge in [0.05, 0.1) is 12.6 Å². The lowest BCUT2D eigenvalue weighted by Gasteiger charge is -2.02. The van der Waals surface area contributed by atoms with E-state index in [0.717, 1.165) is 13.0 Å². The van der Waals surface area contributed by atoms with Crippen molar-refractivity contribution < 1.29 is 4.79 Å². The van der Waals surface area contributed by atoms with Crippen LogP contribution in [0, 0.1) is 11.3 Å². The molecule has 2 N–H and O–H groups in total. The number of carbonyl (C=O) groups is 1. The molecule has 0 rings (SSSR count). The Hall–Kier alpha value is -1.08. The molecule has 0 aliphatic rings. The highest BCUT2D eigenvalue weighted by Crippen LogP contribution is 1.78. The summed E-state index contributed by atoms with van der Waals surface area (Å²) in [5, 5.41) is 13.7. The van der Waals surface area contributed by atoms with E-state index in [0.29, 0.717) is 19.5 Å². The van der Waals surface area contributed by atoms with Crippen LogP contribution in [0.15, 0.2) is 0 Å². The lowest BCUT2D eigenvalue weighted by atomic mass is 10.4. The molecule has 0 fully saturated rings. The second-order valence-electron chi connectivity index (χ2n) is 2.43. The first kappa shape index (κ1) is 10.9. The Morgan fingerprint density at radius 3 is 2.83 bits per heavy atom. The van der Waals surface area contributed by atoms with E-state index in [2.05, 4.69) is 10.6 Å². The quantitative estimate of drug-likeness (QED) is 0.435. The maximum absolute atomic E-state index is 10.9. The third-order valence-corrected chi connectivity index (χ3v) is 1.31. The van der Waals surface area contributed by atoms with Crippen molar-refractivity contribution in [2.45, 2.75) is 19.8 Å². The van der Waals surface area contributed by atoms with Crippen molar-refractivity contribution >= 4 is 5.91 Å². The van der Waals surface area contributed by atoms with E-state index in [4.69, 9.17) is 5.26 Å². The summed E-state index contributed by atoms with van der Waals surface area (Å²) < 4.78 is 0. The van der Waals surface area contributed by atoms with Gasteiger partial charge in [-0.1, -0.05) is 6.92 Å². The van der Waals surface area contributed by atoms with Crippen LogP contribution in [0.2, 0.25) is 0 Å². The Bertz CT molecular complexity index is 162. The van der Waals surface area contributed by atoms with Gasteiger partial charge in [0, 0.05) is 19.5 Å². The van der Waals surface area contributed by atoms with Gasteiger partial charge < -0.3 is 10.6 Å². The van der Waals surface area contributed by atoms with E-state index < -0.39 is 0 Å². The molecule has 4 nitrogen and oxygen atoms in total. The predicted molar refractivity (Wildman–Crippen MR) is 46.4 cm³/mol. The minimum absolute atomic E-state index is 0.0438. The number of amides is 1. The number of carbonyl (C=O) groups excluding carboxylic acids is 1. The Balaban J connectivity index is 3.15. The van der Waals surface area contributed by atoms with Gasteiger partial charge in [0.15, 0.2) is 0 Å². The van der Waals surface area contributed by atoms with Crippen molar-refractivity contribution in [2.75, 3.05) is 19.6 Å². The van der Waals surface area contributed by atoms with Crippen LogP contribution in [-0.4, -0.2) is 25.5 Å². The van der Waals surface area contributed by atoms with Crippen molar-refractivity contribution in [2.24, 2.45) is 0 Å². The number of hydrogen-bond donors (Lipinski definition) is 2. The summed E-state index contributed by atoms with van der Waals surface area (Å²) in [6.45, 7) is 3.62. The maximum Gasteiger partial charge on any atom is 0.221 e. The molecule has 68 valence electrons. The van der Waals surface area contributed by atoms with E-state index in [-0.39, 0.29) is 5.91 Å². The Kier molecular flexibility index (Phi) is 7.30. The van der Waals surface area contributed by atoms with E-state index in [1.165, 1.54) is 0 Å². The first-order valence-corrected chi connectivity index (χ1v) is 4.15. The molecule has 0 saturated carbocycles. The van der Waals surface area contributed by atoms with Gasteiger partial charge in [0.25, 0.3) is 0 Å². The molecular weight excluding hydrogens is 154 g/mol. The highest BCUT2D eigenvalue weighted by atomic mass is 16.1. The molecule has 4 heteroatoms. The summed E-state index contributed by atoms with van der Waals surface area (Å²) >= 11 is 0. The van der Waals surface area contributed by atoms with E-state index in [1.54, 1.807) is 0 Å². The smallest absolute Gasteiger partial charge is 0.221 e. The van der Waals surface area contributed by atoms with Crippen LogP contribution in [0.5, 0.6) is 0 Å². The second-order valence-corrected chi connectivity index (χ2v) is 2.43. The average Bonchev–Trinajstić information content (AvgIpc) is 2.09. The number of rotatable bonds is 6. The van der Waals surface area contributed by atoms with Crippen LogP contribution in [0.25, 0.3) is 0 Å². The number of nitriles is 1. The standard InChI is InChI=1S/C8H15N3O/c1-2-5-11-8(12)3-6-10-7-4-9/h10H,2-3,5-7H2,1H3,(H,11,12). The van der Waals surface area contributed by atoms with Crippen molar-refractivity contribution in [3.63, 3.8) is 0 Å². The molecule has 0 bridgehead atoms. The normalized spacial score (nSPS) is 9.00. The van der Waals surface area contributed by atoms with Gasteiger partial charge in [-0.15, -0.1) is 0 Å². The summed E-state index contributed by atoms with van der Waals surface area (Å²) in [4.78, 5) is 10.9. The van der Waals surface area contributed by atoms with Crippen LogP contribution in [0.1, 0.15) is 19.8 Å². The summed E-state index contributed by atoms with van der Waals surface area (Å²) in [7, 11) is 0. The molecule has 0 atom stereocenters. The number of nitrogens with one attached hydrogen (secondary N) is 2. The summed E-state index contributed by atoms with van der Waals surface area (Å²) in [5.41, 5.74) is 0. The molecule has 0 saturated heterocycles. The molecule has 0 heterocycles. The van der Waals surface area contributed by atoms with Crippen LogP contribution < -0.4 is 10.6 Å². The van der Waals surface area contributed by atoms with Gasteiger partial charge in [-0.3, -0.25) is 4.79 Å². The number of nitrogens with zero attached hydrogens (tertiary/aromatic N) is 1. The predicted octanol–water partition coefficient (Wildman–Crippen LogP) is 0.0159. The van der Waals surface area contributed by atoms with Crippen molar-refractivity contribution in [1.82, 2.24) is 10.6 Å². The fourth-order valence-corrected chi connectivity index (χ4v) is 0.699. The van der Waals surface area contributed by atoms with E-state index in [1.807, 2.05) is 13.0 Å². The van der Waals surface area contributed by atoms with Crippen LogP contribution in [-0.2, 0) is 4.79 Å². The van der Waals surface area contributed by atoms with Crippen LogP contribution in [0.3, 0.4) is 0 Å². The molecular formula is C8H15N3O. The second kappa shape index (κ2) is 8.02. The van der Waals surface area contributed by atoms with Gasteiger partial charge in [-0.2, -0.15) is 5.26 Å². The highest BCUT2D eigenvalue weighted by Gasteiger charge is 1.97. The van der Waals surface area contributed by atoms with Crippen LogP contribution >= 0.6 is 0 Å². The van der Waals surface area contributed by atoms with Gasteiger partial charge in [-0.05, 0) is 6.42 Å². The SMILES string of the molecule is CCCNC(=O)CCNCC#N. The monoisotopic (exact) mass is 169 g/mol. The summed E-state index contributed by atoms with van der Waals surface area (Å²) in [6, 6.07) is 1.94. The van der Waals surface area contributed by atoms with Crippen molar-refractivity contribution in [3.05, 3.63) is 0 Å². The topological polar surface area (TPSA) is 64.9 Å².